The maximum atomic E-state index is 13.0. The van der Waals surface area contributed by atoms with Gasteiger partial charge in [0.25, 0.3) is 5.91 Å². The molecule has 8 nitrogen and oxygen atoms in total. The fourth-order valence-electron chi connectivity index (χ4n) is 3.74. The molecule has 0 bridgehead atoms. The summed E-state index contributed by atoms with van der Waals surface area (Å²) < 4.78 is 45.1. The third kappa shape index (κ3) is 4.77. The molecule has 0 aromatic heterocycles. The van der Waals surface area contributed by atoms with Crippen molar-refractivity contribution in [3.05, 3.63) is 48.0 Å². The topological polar surface area (TPSA) is 94.2 Å². The smallest absolute Gasteiger partial charge is 0.257 e. The van der Waals surface area contributed by atoms with Gasteiger partial charge in [-0.1, -0.05) is 12.1 Å². The highest BCUT2D eigenvalue weighted by Gasteiger charge is 2.26. The lowest BCUT2D eigenvalue weighted by Gasteiger charge is -2.27. The van der Waals surface area contributed by atoms with Crippen LogP contribution in [0.5, 0.6) is 17.2 Å². The van der Waals surface area contributed by atoms with Crippen molar-refractivity contribution in [1.29, 1.82) is 0 Å². The zero-order chi connectivity index (χ0) is 21.8. The maximum absolute atomic E-state index is 13.0. The van der Waals surface area contributed by atoms with Gasteiger partial charge in [-0.2, -0.15) is 0 Å². The summed E-state index contributed by atoms with van der Waals surface area (Å²) in [5.41, 5.74) is 0.249. The van der Waals surface area contributed by atoms with E-state index < -0.39 is 16.1 Å². The molecule has 1 atom stereocenters. The molecule has 4 rings (SSSR count). The quantitative estimate of drug-likeness (QED) is 0.733. The number of fused-ring (bicyclic) bond motifs is 1. The van der Waals surface area contributed by atoms with Gasteiger partial charge in [0.2, 0.25) is 10.0 Å². The summed E-state index contributed by atoms with van der Waals surface area (Å²) in [7, 11) is -2.40. The third-order valence-corrected chi connectivity index (χ3v) is 6.84. The molecule has 2 aliphatic rings. The Labute approximate surface area is 182 Å². The van der Waals surface area contributed by atoms with Crippen LogP contribution in [0.1, 0.15) is 29.6 Å². The highest BCUT2D eigenvalue weighted by atomic mass is 32.2. The van der Waals surface area contributed by atoms with Crippen molar-refractivity contribution in [2.45, 2.75) is 30.3 Å². The van der Waals surface area contributed by atoms with Crippen LogP contribution < -0.4 is 18.9 Å². The molecular weight excluding hydrogens is 420 g/mol. The number of nitrogens with one attached hydrogen (secondary N) is 1. The van der Waals surface area contributed by atoms with E-state index in [1.54, 1.807) is 17.0 Å². The first-order valence-corrected chi connectivity index (χ1v) is 11.8. The lowest BCUT2D eigenvalue weighted by molar-refractivity contribution is 0.0720. The predicted octanol–water partition coefficient (Wildman–Crippen LogP) is 2.44. The second kappa shape index (κ2) is 9.15. The van der Waals surface area contributed by atoms with E-state index in [1.165, 1.54) is 25.3 Å². The second-order valence-corrected chi connectivity index (χ2v) is 9.33. The number of ether oxygens (including phenoxy) is 3. The molecule has 0 aliphatic carbocycles. The molecule has 1 saturated heterocycles. The fourth-order valence-corrected chi connectivity index (χ4v) is 4.83. The molecule has 2 aromatic rings. The zero-order valence-corrected chi connectivity index (χ0v) is 18.2. The second-order valence-electron chi connectivity index (χ2n) is 7.56. The number of methoxy groups -OCH3 is 1. The van der Waals surface area contributed by atoms with Crippen molar-refractivity contribution >= 4 is 15.9 Å². The Morgan fingerprint density at radius 2 is 1.87 bits per heavy atom. The van der Waals surface area contributed by atoms with E-state index in [4.69, 9.17) is 14.2 Å². The molecule has 1 N–H and O–H groups in total. The molecule has 1 amide bonds. The largest absolute Gasteiger partial charge is 0.496 e. The van der Waals surface area contributed by atoms with Crippen LogP contribution in [0, 0.1) is 0 Å². The molecule has 0 spiro atoms. The van der Waals surface area contributed by atoms with Crippen LogP contribution >= 0.6 is 0 Å². The summed E-state index contributed by atoms with van der Waals surface area (Å²) >= 11 is 0. The van der Waals surface area contributed by atoms with Gasteiger partial charge in [-0.25, -0.2) is 13.1 Å². The number of amides is 1. The van der Waals surface area contributed by atoms with Gasteiger partial charge < -0.3 is 19.1 Å². The number of hydrogen-bond acceptors (Lipinski definition) is 6. The zero-order valence-electron chi connectivity index (χ0n) is 17.4. The summed E-state index contributed by atoms with van der Waals surface area (Å²) in [4.78, 5) is 14.7. The Bertz CT molecular complexity index is 1050. The fraction of sp³-hybridized carbons (Fsp3) is 0.409. The minimum atomic E-state index is -3.86. The normalized spacial score (nSPS) is 18.5. The van der Waals surface area contributed by atoms with E-state index in [1.807, 2.05) is 12.1 Å². The Morgan fingerprint density at radius 3 is 2.61 bits per heavy atom. The number of carbonyl (C=O) groups excluding carboxylic acids is 1. The summed E-state index contributed by atoms with van der Waals surface area (Å²) in [6.07, 6.45) is 2.52. The van der Waals surface area contributed by atoms with Crippen LogP contribution in [-0.2, 0) is 10.0 Å². The van der Waals surface area contributed by atoms with Gasteiger partial charge in [-0.05, 0) is 49.6 Å². The van der Waals surface area contributed by atoms with E-state index in [2.05, 4.69) is 4.72 Å². The van der Waals surface area contributed by atoms with Crippen LogP contribution in [0.4, 0.5) is 0 Å². The van der Waals surface area contributed by atoms with E-state index in [0.29, 0.717) is 30.3 Å². The van der Waals surface area contributed by atoms with Gasteiger partial charge in [0.15, 0.2) is 11.5 Å². The summed E-state index contributed by atoms with van der Waals surface area (Å²) in [5.74, 6) is 1.36. The van der Waals surface area contributed by atoms with Gasteiger partial charge in [0.1, 0.15) is 18.5 Å². The monoisotopic (exact) mass is 446 g/mol. The Morgan fingerprint density at radius 1 is 1.13 bits per heavy atom. The Hall–Kier alpha value is -2.78. The molecule has 2 heterocycles. The standard InChI is InChI=1S/C22H26N2O6S/c1-28-19-10-9-17(13-18(19)22(25)24-11-5-2-6-12-24)31(26,27)23-14-16-15-29-20-7-3-4-8-21(20)30-16/h3-4,7-10,13,16,23H,2,5-6,11-12,14-15H2,1H3. The van der Waals surface area contributed by atoms with Gasteiger partial charge in [-0.3, -0.25) is 4.79 Å². The van der Waals surface area contributed by atoms with Crippen LogP contribution in [0.25, 0.3) is 0 Å². The lowest BCUT2D eigenvalue weighted by atomic mass is 10.1. The number of nitrogens with zero attached hydrogens (tertiary/aromatic N) is 1. The number of benzene rings is 2. The number of rotatable bonds is 6. The molecule has 31 heavy (non-hydrogen) atoms. The summed E-state index contributed by atoms with van der Waals surface area (Å²) in [6.45, 7) is 1.61. The Kier molecular flexibility index (Phi) is 6.33. The average Bonchev–Trinajstić information content (AvgIpc) is 2.82. The van der Waals surface area contributed by atoms with E-state index in [0.717, 1.165) is 19.3 Å². The summed E-state index contributed by atoms with van der Waals surface area (Å²) in [5, 5.41) is 0. The van der Waals surface area contributed by atoms with E-state index in [9.17, 15) is 13.2 Å². The van der Waals surface area contributed by atoms with Crippen LogP contribution in [0.2, 0.25) is 0 Å². The SMILES string of the molecule is COc1ccc(S(=O)(=O)NCC2COc3ccccc3O2)cc1C(=O)N1CCCCC1. The molecular formula is C22H26N2O6S. The minimum Gasteiger partial charge on any atom is -0.496 e. The molecule has 2 aromatic carbocycles. The number of sulfonamides is 1. The molecule has 0 saturated carbocycles. The molecule has 1 fully saturated rings. The molecule has 1 unspecified atom stereocenters. The van der Waals surface area contributed by atoms with Crippen molar-refractivity contribution in [3.8, 4) is 17.2 Å². The van der Waals surface area contributed by atoms with Gasteiger partial charge >= 0.3 is 0 Å². The third-order valence-electron chi connectivity index (χ3n) is 5.42. The Balaban J connectivity index is 1.48. The van der Waals surface area contributed by atoms with E-state index >= 15 is 0 Å². The first kappa shape index (κ1) is 21.5. The minimum absolute atomic E-state index is 0.00536. The first-order chi connectivity index (χ1) is 15.0. The maximum Gasteiger partial charge on any atom is 0.257 e. The van der Waals surface area contributed by atoms with Crippen LogP contribution in [0.3, 0.4) is 0 Å². The number of piperidine rings is 1. The average molecular weight is 447 g/mol. The number of para-hydroxylation sites is 2. The predicted molar refractivity (Wildman–Crippen MR) is 114 cm³/mol. The molecule has 9 heteroatoms. The highest BCUT2D eigenvalue weighted by molar-refractivity contribution is 7.89. The van der Waals surface area contributed by atoms with E-state index in [-0.39, 0.29) is 29.5 Å². The van der Waals surface area contributed by atoms with Crippen LogP contribution in [-0.4, -0.2) is 58.7 Å². The number of carbonyl (C=O) groups is 1. The van der Waals surface area contributed by atoms with Gasteiger partial charge in [-0.15, -0.1) is 0 Å². The lowest BCUT2D eigenvalue weighted by Crippen LogP contribution is -2.40. The molecule has 166 valence electrons. The van der Waals surface area contributed by atoms with Crippen molar-refractivity contribution in [1.82, 2.24) is 9.62 Å². The van der Waals surface area contributed by atoms with Gasteiger partial charge in [0, 0.05) is 13.1 Å². The van der Waals surface area contributed by atoms with Gasteiger partial charge in [0.05, 0.1) is 24.1 Å². The number of likely N-dealkylation sites (tertiary alicyclic amines) is 1. The van der Waals surface area contributed by atoms with Crippen molar-refractivity contribution in [2.24, 2.45) is 0 Å². The molecule has 2 aliphatic heterocycles. The highest BCUT2D eigenvalue weighted by Crippen LogP contribution is 2.31. The van der Waals surface area contributed by atoms with Crippen LogP contribution in [0.15, 0.2) is 47.4 Å². The number of hydrogen-bond donors (Lipinski definition) is 1. The summed E-state index contributed by atoms with van der Waals surface area (Å²) in [6, 6.07) is 11.6. The first-order valence-electron chi connectivity index (χ1n) is 10.3. The van der Waals surface area contributed by atoms with Crippen molar-refractivity contribution in [3.63, 3.8) is 0 Å². The van der Waals surface area contributed by atoms with Crippen molar-refractivity contribution in [2.75, 3.05) is 33.4 Å². The molecule has 0 radical (unpaired) electrons. The van der Waals surface area contributed by atoms with Crippen molar-refractivity contribution < 1.29 is 27.4 Å².